The number of hydrogen-bond donors (Lipinski definition) is 1. The molecule has 19 heavy (non-hydrogen) atoms. The zero-order valence-corrected chi connectivity index (χ0v) is 11.8. The Hall–Kier alpha value is -1.01. The molecule has 0 aromatic heterocycles. The number of halogens is 4. The maximum absolute atomic E-state index is 12.5. The lowest BCUT2D eigenvalue weighted by Gasteiger charge is -2.29. The van der Waals surface area contributed by atoms with Gasteiger partial charge in [-0.25, -0.2) is 0 Å². The van der Waals surface area contributed by atoms with Crippen LogP contribution < -0.4 is 10.6 Å². The van der Waals surface area contributed by atoms with Gasteiger partial charge in [0.2, 0.25) is 0 Å². The molecule has 0 spiro atoms. The fourth-order valence-corrected chi connectivity index (χ4v) is 2.59. The van der Waals surface area contributed by atoms with Crippen LogP contribution >= 0.6 is 15.9 Å². The van der Waals surface area contributed by atoms with Gasteiger partial charge in [-0.15, -0.1) is 0 Å². The van der Waals surface area contributed by atoms with Crippen LogP contribution in [0.25, 0.3) is 0 Å². The van der Waals surface area contributed by atoms with E-state index in [9.17, 15) is 13.2 Å². The highest BCUT2D eigenvalue weighted by Crippen LogP contribution is 2.32. The summed E-state index contributed by atoms with van der Waals surface area (Å²) in [7, 11) is 0. The molecule has 0 aliphatic carbocycles. The highest BCUT2D eigenvalue weighted by Gasteiger charge is 2.34. The Labute approximate surface area is 118 Å². The van der Waals surface area contributed by atoms with Crippen molar-refractivity contribution in [1.82, 2.24) is 0 Å². The topological polar surface area (TPSA) is 29.3 Å². The fourth-order valence-electron chi connectivity index (χ4n) is 2.06. The minimum atomic E-state index is -4.20. The van der Waals surface area contributed by atoms with Crippen molar-refractivity contribution in [3.8, 4) is 0 Å². The highest BCUT2D eigenvalue weighted by atomic mass is 79.9. The van der Waals surface area contributed by atoms with Crippen LogP contribution in [-0.4, -0.2) is 19.3 Å². The van der Waals surface area contributed by atoms with E-state index in [4.69, 9.17) is 5.73 Å². The molecular weight excluding hydrogens is 321 g/mol. The van der Waals surface area contributed by atoms with Crippen molar-refractivity contribution in [3.63, 3.8) is 0 Å². The molecule has 1 aromatic rings. The molecule has 0 atom stereocenters. The number of alkyl halides is 3. The van der Waals surface area contributed by atoms with Gasteiger partial charge in [0.15, 0.2) is 0 Å². The van der Waals surface area contributed by atoms with Gasteiger partial charge in [-0.05, 0) is 24.1 Å². The smallest absolute Gasteiger partial charge is 0.367 e. The van der Waals surface area contributed by atoms with E-state index in [1.807, 2.05) is 23.1 Å². The average molecular weight is 335 g/mol. The van der Waals surface area contributed by atoms with Crippen molar-refractivity contribution in [2.24, 2.45) is 5.73 Å². The first-order valence-electron chi connectivity index (χ1n) is 5.91. The van der Waals surface area contributed by atoms with Crippen molar-refractivity contribution in [2.45, 2.75) is 19.1 Å². The van der Waals surface area contributed by atoms with Gasteiger partial charge in [-0.1, -0.05) is 28.1 Å². The molecule has 0 saturated carbocycles. The van der Waals surface area contributed by atoms with Gasteiger partial charge in [0.05, 0.1) is 0 Å². The van der Waals surface area contributed by atoms with Crippen molar-refractivity contribution >= 4 is 21.6 Å². The second-order valence-electron chi connectivity index (χ2n) is 4.40. The summed E-state index contributed by atoms with van der Waals surface area (Å²) in [5.74, 6) is 0. The van der Waals surface area contributed by atoms with Crippen LogP contribution in [0.1, 0.15) is 12.0 Å². The zero-order chi connectivity index (χ0) is 14.0. The van der Waals surface area contributed by atoms with E-state index >= 15 is 0 Å². The van der Waals surface area contributed by atoms with Gasteiger partial charge in [-0.3, -0.25) is 0 Å². The predicted molar refractivity (Wildman–Crippen MR) is 73.0 cm³/mol. The van der Waals surface area contributed by atoms with Gasteiger partial charge in [0.1, 0.15) is 0 Å². The van der Waals surface area contributed by atoms with Crippen molar-refractivity contribution < 1.29 is 13.2 Å². The largest absolute Gasteiger partial charge is 0.412 e. The number of benzene rings is 1. The lowest BCUT2D eigenvalue weighted by molar-refractivity contribution is -0.0943. The van der Waals surface area contributed by atoms with Gasteiger partial charge in [-0.2, -0.15) is 13.2 Å². The number of anilines is 1. The van der Waals surface area contributed by atoms with Gasteiger partial charge < -0.3 is 10.6 Å². The third-order valence-corrected chi connectivity index (χ3v) is 3.93. The molecule has 0 bridgehead atoms. The van der Waals surface area contributed by atoms with E-state index in [1.54, 1.807) is 0 Å². The first kappa shape index (κ1) is 14.4. The molecule has 2 N–H and O–H groups in total. The molecule has 2 rings (SSSR count). The number of nitrogens with zero attached hydrogens (tertiary/aromatic N) is 1. The summed E-state index contributed by atoms with van der Waals surface area (Å²) in [6.07, 6.45) is -2.91. The van der Waals surface area contributed by atoms with E-state index in [2.05, 4.69) is 15.9 Å². The molecule has 1 aliphatic rings. The van der Waals surface area contributed by atoms with Crippen LogP contribution in [0.4, 0.5) is 18.9 Å². The first-order chi connectivity index (χ1) is 8.91. The SMILES string of the molecule is NCc1ccc(N2CC=C(C(F)(F)F)CC2)cc1Br. The summed E-state index contributed by atoms with van der Waals surface area (Å²) in [4.78, 5) is 1.92. The van der Waals surface area contributed by atoms with E-state index in [-0.39, 0.29) is 13.0 Å². The fraction of sp³-hybridized carbons (Fsp3) is 0.385. The lowest BCUT2D eigenvalue weighted by Crippen LogP contribution is -2.31. The van der Waals surface area contributed by atoms with Gasteiger partial charge in [0.25, 0.3) is 0 Å². The zero-order valence-electron chi connectivity index (χ0n) is 10.2. The van der Waals surface area contributed by atoms with E-state index < -0.39 is 11.7 Å². The first-order valence-corrected chi connectivity index (χ1v) is 6.71. The van der Waals surface area contributed by atoms with Gasteiger partial charge >= 0.3 is 6.18 Å². The molecule has 0 amide bonds. The summed E-state index contributed by atoms with van der Waals surface area (Å²) in [5.41, 5.74) is 7.02. The van der Waals surface area contributed by atoms with Gasteiger partial charge in [0, 0.05) is 35.4 Å². The summed E-state index contributed by atoms with van der Waals surface area (Å²) in [5, 5.41) is 0. The summed E-state index contributed by atoms with van der Waals surface area (Å²) >= 11 is 3.42. The Bertz CT molecular complexity index is 497. The molecular formula is C13H14BrF3N2. The molecule has 1 aromatic carbocycles. The monoisotopic (exact) mass is 334 g/mol. The minimum absolute atomic E-state index is 0.0275. The summed E-state index contributed by atoms with van der Waals surface area (Å²) in [6.45, 7) is 1.09. The van der Waals surface area contributed by atoms with Crippen molar-refractivity contribution in [1.29, 1.82) is 0 Å². The number of hydrogen-bond acceptors (Lipinski definition) is 2. The second kappa shape index (κ2) is 5.54. The third-order valence-electron chi connectivity index (χ3n) is 3.19. The Kier molecular flexibility index (Phi) is 4.20. The minimum Gasteiger partial charge on any atom is -0.367 e. The standard InChI is InChI=1S/C13H14BrF3N2/c14-12-7-11(2-1-9(12)8-18)19-5-3-10(4-6-19)13(15,16)17/h1-3,7H,4-6,8,18H2. The Balaban J connectivity index is 2.14. The lowest BCUT2D eigenvalue weighted by atomic mass is 10.1. The second-order valence-corrected chi connectivity index (χ2v) is 5.26. The molecule has 1 heterocycles. The molecule has 104 valence electrons. The molecule has 0 saturated heterocycles. The molecule has 0 fully saturated rings. The van der Waals surface area contributed by atoms with Crippen molar-refractivity contribution in [2.75, 3.05) is 18.0 Å². The third kappa shape index (κ3) is 3.30. The van der Waals surface area contributed by atoms with E-state index in [0.717, 1.165) is 15.7 Å². The van der Waals surface area contributed by atoms with Crippen LogP contribution in [0, 0.1) is 0 Å². The Morgan fingerprint density at radius 2 is 2.05 bits per heavy atom. The molecule has 0 radical (unpaired) electrons. The normalized spacial score (nSPS) is 16.5. The van der Waals surface area contributed by atoms with E-state index in [0.29, 0.717) is 13.1 Å². The maximum Gasteiger partial charge on any atom is 0.412 e. The van der Waals surface area contributed by atoms with Crippen molar-refractivity contribution in [3.05, 3.63) is 39.9 Å². The van der Waals surface area contributed by atoms with Crippen LogP contribution in [0.3, 0.4) is 0 Å². The van der Waals surface area contributed by atoms with Crippen LogP contribution in [0.2, 0.25) is 0 Å². The molecule has 2 nitrogen and oxygen atoms in total. The van der Waals surface area contributed by atoms with E-state index in [1.165, 1.54) is 6.08 Å². The predicted octanol–water partition coefficient (Wildman–Crippen LogP) is 3.61. The quantitative estimate of drug-likeness (QED) is 0.837. The van der Waals surface area contributed by atoms with Crippen LogP contribution in [0.5, 0.6) is 0 Å². The number of rotatable bonds is 2. The van der Waals surface area contributed by atoms with Crippen LogP contribution in [0.15, 0.2) is 34.3 Å². The Morgan fingerprint density at radius 1 is 1.32 bits per heavy atom. The highest BCUT2D eigenvalue weighted by molar-refractivity contribution is 9.10. The summed E-state index contributed by atoms with van der Waals surface area (Å²) in [6, 6.07) is 5.68. The summed E-state index contributed by atoms with van der Waals surface area (Å²) < 4.78 is 38.5. The Morgan fingerprint density at radius 3 is 2.53 bits per heavy atom. The number of nitrogens with two attached hydrogens (primary N) is 1. The maximum atomic E-state index is 12.5. The molecule has 0 unspecified atom stereocenters. The van der Waals surface area contributed by atoms with Crippen LogP contribution in [-0.2, 0) is 6.54 Å². The molecule has 1 aliphatic heterocycles. The molecule has 6 heteroatoms. The average Bonchev–Trinajstić information content (AvgIpc) is 2.38.